The molecule has 0 saturated heterocycles. The van der Waals surface area contributed by atoms with E-state index in [4.69, 9.17) is 0 Å². The van der Waals surface area contributed by atoms with Gasteiger partial charge in [0.25, 0.3) is 0 Å². The third-order valence-electron chi connectivity index (χ3n) is 3.74. The normalized spacial score (nSPS) is 14.1. The van der Waals surface area contributed by atoms with Crippen molar-refractivity contribution in [1.29, 1.82) is 0 Å². The molecule has 0 unspecified atom stereocenters. The van der Waals surface area contributed by atoms with E-state index >= 15 is 0 Å². The lowest BCUT2D eigenvalue weighted by atomic mass is 9.94. The van der Waals surface area contributed by atoms with Crippen LogP contribution >= 0.6 is 0 Å². The number of benzene rings is 1. The van der Waals surface area contributed by atoms with Gasteiger partial charge in [0, 0.05) is 0 Å². The molecule has 0 atom stereocenters. The third kappa shape index (κ3) is 4.13. The Kier molecular flexibility index (Phi) is 7.24. The summed E-state index contributed by atoms with van der Waals surface area (Å²) in [5.74, 6) is -55.7. The van der Waals surface area contributed by atoms with Crippen molar-refractivity contribution in [3.63, 3.8) is 0 Å². The molecular formula is C14H3F17O2. The standard InChI is InChI=1S/C14H3F17O2/c15-3-2(4(16)6(18)7(19)5(3)17)8(32)33-1-10(22,23)12(26,27)14(30,31)13(28,29)11(24,25)9(20)21/h9H,1H2. The molecule has 0 amide bonds. The monoisotopic (exact) mass is 526 g/mol. The first-order chi connectivity index (χ1) is 14.5. The number of carbonyl (C=O) groups is 1. The molecule has 0 radical (unpaired) electrons. The summed E-state index contributed by atoms with van der Waals surface area (Å²) in [6.45, 7) is -3.61. The van der Waals surface area contributed by atoms with E-state index in [-0.39, 0.29) is 0 Å². The molecule has 1 aromatic rings. The van der Waals surface area contributed by atoms with Gasteiger partial charge in [-0.1, -0.05) is 0 Å². The average molecular weight is 526 g/mol. The van der Waals surface area contributed by atoms with E-state index in [2.05, 4.69) is 4.74 Å². The van der Waals surface area contributed by atoms with Crippen molar-refractivity contribution < 1.29 is 84.2 Å². The summed E-state index contributed by atoms with van der Waals surface area (Å²) in [4.78, 5) is 11.3. The van der Waals surface area contributed by atoms with Crippen molar-refractivity contribution in [3.05, 3.63) is 34.6 Å². The van der Waals surface area contributed by atoms with Crippen LogP contribution in [0.4, 0.5) is 74.6 Å². The molecule has 0 aromatic heterocycles. The van der Waals surface area contributed by atoms with Gasteiger partial charge in [0.1, 0.15) is 5.56 Å². The SMILES string of the molecule is O=C(OCC(F)(F)C(F)(F)C(F)(F)C(F)(F)C(F)(F)C(F)F)c1c(F)c(F)c(F)c(F)c1F. The first kappa shape index (κ1) is 28.5. The summed E-state index contributed by atoms with van der Waals surface area (Å²) in [5, 5.41) is 0. The van der Waals surface area contributed by atoms with Crippen LogP contribution in [0.15, 0.2) is 0 Å². The average Bonchev–Trinajstić information content (AvgIpc) is 2.68. The number of rotatable bonds is 8. The van der Waals surface area contributed by atoms with Crippen LogP contribution in [-0.2, 0) is 4.74 Å². The Labute approximate surface area is 168 Å². The maximum absolute atomic E-state index is 13.4. The summed E-state index contributed by atoms with van der Waals surface area (Å²) >= 11 is 0. The lowest BCUT2D eigenvalue weighted by molar-refractivity contribution is -0.414. The zero-order valence-electron chi connectivity index (χ0n) is 14.5. The van der Waals surface area contributed by atoms with Crippen LogP contribution in [0.2, 0.25) is 0 Å². The molecule has 33 heavy (non-hydrogen) atoms. The smallest absolute Gasteiger partial charge is 0.384 e. The second-order valence-electron chi connectivity index (χ2n) is 5.87. The van der Waals surface area contributed by atoms with Gasteiger partial charge in [-0.15, -0.1) is 0 Å². The molecule has 0 aliphatic carbocycles. The second kappa shape index (κ2) is 8.37. The minimum atomic E-state index is -7.99. The van der Waals surface area contributed by atoms with Gasteiger partial charge in [0.2, 0.25) is 5.82 Å². The Morgan fingerprint density at radius 1 is 0.636 bits per heavy atom. The van der Waals surface area contributed by atoms with Crippen LogP contribution in [0.1, 0.15) is 10.4 Å². The van der Waals surface area contributed by atoms with Gasteiger partial charge in [-0.05, 0) is 0 Å². The van der Waals surface area contributed by atoms with Gasteiger partial charge >= 0.3 is 42.0 Å². The summed E-state index contributed by atoms with van der Waals surface area (Å²) in [7, 11) is 0. The number of halogens is 17. The molecule has 2 nitrogen and oxygen atoms in total. The minimum absolute atomic E-state index is 2.72. The fraction of sp³-hybridized carbons (Fsp3) is 0.500. The van der Waals surface area contributed by atoms with Crippen LogP contribution in [0.25, 0.3) is 0 Å². The quantitative estimate of drug-likeness (QED) is 0.181. The van der Waals surface area contributed by atoms with Crippen LogP contribution < -0.4 is 0 Å². The molecule has 190 valence electrons. The fourth-order valence-electron chi connectivity index (χ4n) is 1.88. The van der Waals surface area contributed by atoms with E-state index in [9.17, 15) is 79.4 Å². The molecular weight excluding hydrogens is 523 g/mol. The number of alkyl halides is 12. The Morgan fingerprint density at radius 3 is 1.36 bits per heavy atom. The molecule has 1 rings (SSSR count). The molecule has 0 aliphatic heterocycles. The highest BCUT2D eigenvalue weighted by Crippen LogP contribution is 2.58. The van der Waals surface area contributed by atoms with Crippen molar-refractivity contribution in [2.45, 2.75) is 36.0 Å². The fourth-order valence-corrected chi connectivity index (χ4v) is 1.88. The van der Waals surface area contributed by atoms with E-state index in [1.807, 2.05) is 0 Å². The topological polar surface area (TPSA) is 26.3 Å². The first-order valence-corrected chi connectivity index (χ1v) is 7.36. The summed E-state index contributed by atoms with van der Waals surface area (Å²) in [5.41, 5.74) is -2.72. The molecule has 0 spiro atoms. The molecule has 0 saturated carbocycles. The molecule has 0 N–H and O–H groups in total. The highest BCUT2D eigenvalue weighted by molar-refractivity contribution is 5.90. The van der Waals surface area contributed by atoms with E-state index < -0.39 is 83.3 Å². The van der Waals surface area contributed by atoms with E-state index in [1.165, 1.54) is 0 Å². The summed E-state index contributed by atoms with van der Waals surface area (Å²) in [6, 6.07) is 0. The van der Waals surface area contributed by atoms with Crippen LogP contribution in [0.3, 0.4) is 0 Å². The zero-order valence-corrected chi connectivity index (χ0v) is 14.5. The Balaban J connectivity index is 3.33. The Morgan fingerprint density at radius 2 is 1.00 bits per heavy atom. The van der Waals surface area contributed by atoms with Gasteiger partial charge in [-0.2, -0.15) is 43.9 Å². The van der Waals surface area contributed by atoms with Gasteiger partial charge in [0.15, 0.2) is 29.9 Å². The van der Waals surface area contributed by atoms with Gasteiger partial charge < -0.3 is 4.74 Å². The van der Waals surface area contributed by atoms with Crippen molar-refractivity contribution in [2.75, 3.05) is 6.61 Å². The van der Waals surface area contributed by atoms with Crippen molar-refractivity contribution in [3.8, 4) is 0 Å². The number of hydrogen-bond acceptors (Lipinski definition) is 2. The van der Waals surface area contributed by atoms with Crippen LogP contribution in [0, 0.1) is 29.1 Å². The molecule has 0 fully saturated rings. The number of hydrogen-bond donors (Lipinski definition) is 0. The highest BCUT2D eigenvalue weighted by Gasteiger charge is 2.87. The van der Waals surface area contributed by atoms with Gasteiger partial charge in [-0.25, -0.2) is 35.5 Å². The van der Waals surface area contributed by atoms with Crippen LogP contribution in [0.5, 0.6) is 0 Å². The highest BCUT2D eigenvalue weighted by atomic mass is 19.4. The van der Waals surface area contributed by atoms with Gasteiger partial charge in [-0.3, -0.25) is 0 Å². The molecule has 0 heterocycles. The maximum atomic E-state index is 13.4. The molecule has 0 bridgehead atoms. The number of ether oxygens (including phenoxy) is 1. The predicted octanol–water partition coefficient (Wildman–Crippen LogP) is 5.98. The second-order valence-corrected chi connectivity index (χ2v) is 5.87. The predicted molar refractivity (Wildman–Crippen MR) is 67.3 cm³/mol. The minimum Gasteiger partial charge on any atom is -0.455 e. The van der Waals surface area contributed by atoms with Crippen molar-refractivity contribution >= 4 is 5.97 Å². The first-order valence-electron chi connectivity index (χ1n) is 7.36. The van der Waals surface area contributed by atoms with Gasteiger partial charge in [0.05, 0.1) is 0 Å². The molecule has 0 aliphatic rings. The Bertz CT molecular complexity index is 894. The lowest BCUT2D eigenvalue weighted by Gasteiger charge is -2.38. The number of esters is 1. The summed E-state index contributed by atoms with van der Waals surface area (Å²) < 4.78 is 224. The maximum Gasteiger partial charge on any atom is 0.384 e. The largest absolute Gasteiger partial charge is 0.455 e. The lowest BCUT2D eigenvalue weighted by Crippen LogP contribution is -2.69. The number of carbonyl (C=O) groups excluding carboxylic acids is 1. The molecule has 19 heteroatoms. The summed E-state index contributed by atoms with van der Waals surface area (Å²) in [6.07, 6.45) is -5.77. The zero-order chi connectivity index (χ0) is 26.5. The third-order valence-corrected chi connectivity index (χ3v) is 3.74. The van der Waals surface area contributed by atoms with E-state index in [1.54, 1.807) is 0 Å². The van der Waals surface area contributed by atoms with Crippen molar-refractivity contribution in [2.24, 2.45) is 0 Å². The molecule has 1 aromatic carbocycles. The van der Waals surface area contributed by atoms with E-state index in [0.29, 0.717) is 0 Å². The van der Waals surface area contributed by atoms with E-state index in [0.717, 1.165) is 0 Å². The van der Waals surface area contributed by atoms with Crippen LogP contribution in [-0.4, -0.2) is 48.6 Å². The Hall–Kier alpha value is -2.50. The van der Waals surface area contributed by atoms with Crippen molar-refractivity contribution in [1.82, 2.24) is 0 Å².